The van der Waals surface area contributed by atoms with E-state index < -0.39 is 0 Å². The summed E-state index contributed by atoms with van der Waals surface area (Å²) in [4.78, 5) is 19.6. The van der Waals surface area contributed by atoms with Crippen LogP contribution in [0.15, 0.2) is 23.3 Å². The molecular formula is C18H25N3O. The lowest BCUT2D eigenvalue weighted by Gasteiger charge is -2.32. The molecule has 118 valence electrons. The monoisotopic (exact) mass is 299 g/mol. The molecule has 2 heterocycles. The third-order valence-corrected chi connectivity index (χ3v) is 5.14. The van der Waals surface area contributed by atoms with E-state index in [0.717, 1.165) is 29.4 Å². The highest BCUT2D eigenvalue weighted by Gasteiger charge is 2.18. The van der Waals surface area contributed by atoms with Crippen molar-refractivity contribution in [2.45, 2.75) is 52.1 Å². The van der Waals surface area contributed by atoms with Gasteiger partial charge in [-0.2, -0.15) is 0 Å². The molecule has 0 aliphatic carbocycles. The Labute approximate surface area is 131 Å². The van der Waals surface area contributed by atoms with Crippen molar-refractivity contribution < 1.29 is 0 Å². The molecule has 4 heteroatoms. The van der Waals surface area contributed by atoms with E-state index in [1.165, 1.54) is 31.4 Å². The van der Waals surface area contributed by atoms with Crippen molar-refractivity contribution in [3.63, 3.8) is 0 Å². The highest BCUT2D eigenvalue weighted by Crippen LogP contribution is 2.19. The van der Waals surface area contributed by atoms with E-state index in [0.29, 0.717) is 6.04 Å². The van der Waals surface area contributed by atoms with Crippen molar-refractivity contribution in [2.24, 2.45) is 0 Å². The zero-order valence-corrected chi connectivity index (χ0v) is 13.8. The van der Waals surface area contributed by atoms with Gasteiger partial charge in [0.25, 0.3) is 5.56 Å². The molecule has 1 aliphatic rings. The average molecular weight is 299 g/mol. The van der Waals surface area contributed by atoms with Crippen molar-refractivity contribution in [3.05, 3.63) is 39.9 Å². The summed E-state index contributed by atoms with van der Waals surface area (Å²) in [7, 11) is 2.19. The molecule has 0 spiro atoms. The van der Waals surface area contributed by atoms with Crippen molar-refractivity contribution >= 4 is 10.9 Å². The highest BCUT2D eigenvalue weighted by atomic mass is 16.1. The minimum absolute atomic E-state index is 0.0894. The van der Waals surface area contributed by atoms with Gasteiger partial charge in [0.2, 0.25) is 0 Å². The number of likely N-dealkylation sites (tertiary alicyclic amines) is 1. The maximum Gasteiger partial charge on any atom is 0.261 e. The second-order valence-corrected chi connectivity index (χ2v) is 6.57. The Hall–Kier alpha value is -1.68. The fourth-order valence-electron chi connectivity index (χ4n) is 3.43. The average Bonchev–Trinajstić information content (AvgIpc) is 2.52. The Morgan fingerprint density at radius 3 is 2.86 bits per heavy atom. The Bertz CT molecular complexity index is 735. The molecule has 1 aromatic carbocycles. The Morgan fingerprint density at radius 2 is 2.09 bits per heavy atom. The lowest BCUT2D eigenvalue weighted by atomic mass is 10.00. The number of rotatable bonds is 3. The van der Waals surface area contributed by atoms with Gasteiger partial charge in [0.05, 0.1) is 17.2 Å². The van der Waals surface area contributed by atoms with E-state index in [-0.39, 0.29) is 5.56 Å². The molecule has 0 amide bonds. The number of aryl methyl sites for hydroxylation is 3. The summed E-state index contributed by atoms with van der Waals surface area (Å²) in [6.45, 7) is 6.02. The molecule has 4 nitrogen and oxygen atoms in total. The van der Waals surface area contributed by atoms with Gasteiger partial charge < -0.3 is 4.90 Å². The van der Waals surface area contributed by atoms with Crippen LogP contribution in [0.2, 0.25) is 0 Å². The first-order chi connectivity index (χ1) is 10.6. The number of fused-ring (bicyclic) bond motifs is 1. The van der Waals surface area contributed by atoms with E-state index in [9.17, 15) is 4.79 Å². The van der Waals surface area contributed by atoms with Gasteiger partial charge in [-0.1, -0.05) is 12.5 Å². The van der Waals surface area contributed by atoms with Gasteiger partial charge in [0, 0.05) is 12.6 Å². The minimum Gasteiger partial charge on any atom is -0.303 e. The fraction of sp³-hybridized carbons (Fsp3) is 0.556. The molecule has 0 N–H and O–H groups in total. The van der Waals surface area contributed by atoms with Gasteiger partial charge >= 0.3 is 0 Å². The van der Waals surface area contributed by atoms with E-state index in [2.05, 4.69) is 23.9 Å². The quantitative estimate of drug-likeness (QED) is 0.874. The van der Waals surface area contributed by atoms with Crippen molar-refractivity contribution in [1.82, 2.24) is 14.5 Å². The van der Waals surface area contributed by atoms with Crippen molar-refractivity contribution in [2.75, 3.05) is 13.6 Å². The summed E-state index contributed by atoms with van der Waals surface area (Å²) in [5.41, 5.74) is 3.22. The Kier molecular flexibility index (Phi) is 4.30. The first-order valence-corrected chi connectivity index (χ1v) is 8.23. The first kappa shape index (κ1) is 15.2. The largest absolute Gasteiger partial charge is 0.303 e. The molecule has 1 aromatic heterocycles. The molecular weight excluding hydrogens is 274 g/mol. The summed E-state index contributed by atoms with van der Waals surface area (Å²) >= 11 is 0. The van der Waals surface area contributed by atoms with Crippen LogP contribution in [0.3, 0.4) is 0 Å². The number of benzene rings is 1. The van der Waals surface area contributed by atoms with E-state index in [4.69, 9.17) is 0 Å². The SMILES string of the molecule is Cc1ccc2c(=O)n(CC[C@H]3CCCCN3C)cnc2c1C. The maximum absolute atomic E-state index is 12.7. The molecule has 0 bridgehead atoms. The number of piperidine rings is 1. The van der Waals surface area contributed by atoms with Crippen LogP contribution in [0, 0.1) is 13.8 Å². The number of hydrogen-bond acceptors (Lipinski definition) is 3. The van der Waals surface area contributed by atoms with Crippen LogP contribution >= 0.6 is 0 Å². The van der Waals surface area contributed by atoms with Gasteiger partial charge in [-0.25, -0.2) is 4.98 Å². The molecule has 1 atom stereocenters. The number of hydrogen-bond donors (Lipinski definition) is 0. The van der Waals surface area contributed by atoms with Gasteiger partial charge in [0.1, 0.15) is 0 Å². The molecule has 22 heavy (non-hydrogen) atoms. The van der Waals surface area contributed by atoms with Crippen LogP contribution in [0.1, 0.15) is 36.8 Å². The summed E-state index contributed by atoms with van der Waals surface area (Å²) in [6.07, 6.45) is 6.58. The predicted molar refractivity (Wildman–Crippen MR) is 90.4 cm³/mol. The van der Waals surface area contributed by atoms with Crippen molar-refractivity contribution in [3.8, 4) is 0 Å². The topological polar surface area (TPSA) is 38.1 Å². The molecule has 0 radical (unpaired) electrons. The molecule has 2 aromatic rings. The Morgan fingerprint density at radius 1 is 1.27 bits per heavy atom. The summed E-state index contributed by atoms with van der Waals surface area (Å²) in [5.74, 6) is 0. The molecule has 0 saturated carbocycles. The predicted octanol–water partition coefficient (Wildman–Crippen LogP) is 2.89. The first-order valence-electron chi connectivity index (χ1n) is 8.23. The molecule has 1 fully saturated rings. The third-order valence-electron chi connectivity index (χ3n) is 5.14. The summed E-state index contributed by atoms with van der Waals surface area (Å²) in [5, 5.41) is 0.739. The zero-order chi connectivity index (χ0) is 15.7. The second kappa shape index (κ2) is 6.21. The third kappa shape index (κ3) is 2.80. The van der Waals surface area contributed by atoms with E-state index >= 15 is 0 Å². The fourth-order valence-corrected chi connectivity index (χ4v) is 3.43. The van der Waals surface area contributed by atoms with Gasteiger partial charge in [0.15, 0.2) is 0 Å². The smallest absolute Gasteiger partial charge is 0.261 e. The molecule has 1 aliphatic heterocycles. The second-order valence-electron chi connectivity index (χ2n) is 6.57. The highest BCUT2D eigenvalue weighted by molar-refractivity contribution is 5.81. The molecule has 0 unspecified atom stereocenters. The normalized spacial score (nSPS) is 19.7. The van der Waals surface area contributed by atoms with Crippen LogP contribution in [0.25, 0.3) is 10.9 Å². The van der Waals surface area contributed by atoms with Gasteiger partial charge in [-0.15, -0.1) is 0 Å². The lowest BCUT2D eigenvalue weighted by molar-refractivity contribution is 0.170. The molecule has 3 rings (SSSR count). The van der Waals surface area contributed by atoms with Crippen LogP contribution in [-0.2, 0) is 6.54 Å². The van der Waals surface area contributed by atoms with Crippen molar-refractivity contribution in [1.29, 1.82) is 0 Å². The van der Waals surface area contributed by atoms with E-state index in [1.807, 2.05) is 19.1 Å². The molecule has 1 saturated heterocycles. The summed E-state index contributed by atoms with van der Waals surface area (Å²) < 4.78 is 1.78. The van der Waals surface area contributed by atoms with Crippen LogP contribution in [0.4, 0.5) is 0 Å². The number of aromatic nitrogens is 2. The Balaban J connectivity index is 1.84. The van der Waals surface area contributed by atoms with Gasteiger partial charge in [-0.3, -0.25) is 9.36 Å². The van der Waals surface area contributed by atoms with E-state index in [1.54, 1.807) is 10.9 Å². The van der Waals surface area contributed by atoms with Crippen LogP contribution in [0.5, 0.6) is 0 Å². The summed E-state index contributed by atoms with van der Waals surface area (Å²) in [6, 6.07) is 4.52. The minimum atomic E-state index is 0.0894. The van der Waals surface area contributed by atoms with Crippen LogP contribution < -0.4 is 5.56 Å². The van der Waals surface area contributed by atoms with Crippen LogP contribution in [-0.4, -0.2) is 34.1 Å². The lowest BCUT2D eigenvalue weighted by Crippen LogP contribution is -2.37. The maximum atomic E-state index is 12.7. The zero-order valence-electron chi connectivity index (χ0n) is 13.8. The standard InChI is InChI=1S/C18H25N3O/c1-13-7-8-16-17(14(13)2)19-12-21(18(16)22)11-9-15-6-4-5-10-20(15)3/h7-8,12,15H,4-6,9-11H2,1-3H3/t15-/m1/s1. The number of nitrogens with zero attached hydrogens (tertiary/aromatic N) is 3. The van der Waals surface area contributed by atoms with Gasteiger partial charge in [-0.05, 0) is 63.9 Å².